The van der Waals surface area contributed by atoms with Crippen LogP contribution in [0.4, 0.5) is 0 Å². The van der Waals surface area contributed by atoms with Crippen molar-refractivity contribution in [1.29, 1.82) is 0 Å². The van der Waals surface area contributed by atoms with Gasteiger partial charge in [-0.3, -0.25) is 0 Å². The molecular formula is C17H33NO. The fourth-order valence-corrected chi connectivity index (χ4v) is 3.43. The van der Waals surface area contributed by atoms with Gasteiger partial charge in [-0.1, -0.05) is 40.0 Å². The first-order valence-electron chi connectivity index (χ1n) is 8.46. The average Bonchev–Trinajstić information content (AvgIpc) is 2.30. The van der Waals surface area contributed by atoms with Gasteiger partial charge in [-0.25, -0.2) is 0 Å². The van der Waals surface area contributed by atoms with Gasteiger partial charge in [-0.05, 0) is 50.0 Å². The summed E-state index contributed by atoms with van der Waals surface area (Å²) in [6.45, 7) is 9.15. The fourth-order valence-electron chi connectivity index (χ4n) is 3.43. The van der Waals surface area contributed by atoms with Crippen LogP contribution in [0.2, 0.25) is 0 Å². The van der Waals surface area contributed by atoms with Crippen molar-refractivity contribution in [3.63, 3.8) is 0 Å². The zero-order chi connectivity index (χ0) is 13.7. The largest absolute Gasteiger partial charge is 0.377 e. The van der Waals surface area contributed by atoms with E-state index < -0.39 is 0 Å². The Kier molecular flexibility index (Phi) is 5.70. The molecule has 2 unspecified atom stereocenters. The number of rotatable bonds is 7. The normalized spacial score (nSPS) is 31.1. The molecule has 0 amide bonds. The number of hydrogen-bond acceptors (Lipinski definition) is 2. The highest BCUT2D eigenvalue weighted by molar-refractivity contribution is 4.90. The third kappa shape index (κ3) is 4.75. The summed E-state index contributed by atoms with van der Waals surface area (Å²) in [6.07, 6.45) is 11.1. The zero-order valence-corrected chi connectivity index (χ0v) is 13.2. The molecule has 1 N–H and O–H groups in total. The average molecular weight is 267 g/mol. The Morgan fingerprint density at radius 1 is 1.21 bits per heavy atom. The summed E-state index contributed by atoms with van der Waals surface area (Å²) in [5, 5.41) is 3.70. The monoisotopic (exact) mass is 267 g/mol. The van der Waals surface area contributed by atoms with E-state index in [1.54, 1.807) is 0 Å². The van der Waals surface area contributed by atoms with Gasteiger partial charge in [0.2, 0.25) is 0 Å². The maximum absolute atomic E-state index is 6.27. The van der Waals surface area contributed by atoms with E-state index in [1.165, 1.54) is 51.4 Å². The number of hydrogen-bond donors (Lipinski definition) is 1. The first-order chi connectivity index (χ1) is 9.11. The molecule has 0 radical (unpaired) electrons. The number of nitrogens with one attached hydrogen (secondary N) is 1. The smallest absolute Gasteiger partial charge is 0.0733 e. The van der Waals surface area contributed by atoms with Crippen LogP contribution in [-0.2, 0) is 4.74 Å². The van der Waals surface area contributed by atoms with E-state index in [0.29, 0.717) is 17.6 Å². The lowest BCUT2D eigenvalue weighted by Gasteiger charge is -2.41. The molecule has 2 saturated carbocycles. The van der Waals surface area contributed by atoms with Crippen molar-refractivity contribution < 1.29 is 4.74 Å². The van der Waals surface area contributed by atoms with Gasteiger partial charge in [-0.15, -0.1) is 0 Å². The Morgan fingerprint density at radius 3 is 2.63 bits per heavy atom. The highest BCUT2D eigenvalue weighted by Gasteiger charge is 2.35. The Morgan fingerprint density at radius 2 is 2.00 bits per heavy atom. The third-order valence-electron chi connectivity index (χ3n) is 5.07. The van der Waals surface area contributed by atoms with E-state index >= 15 is 0 Å². The second-order valence-corrected chi connectivity index (χ2v) is 7.46. The molecule has 0 aromatic rings. The van der Waals surface area contributed by atoms with Crippen LogP contribution in [0.15, 0.2) is 0 Å². The van der Waals surface area contributed by atoms with E-state index in [9.17, 15) is 0 Å². The molecule has 2 aliphatic rings. The van der Waals surface area contributed by atoms with Gasteiger partial charge in [0.15, 0.2) is 0 Å². The molecule has 2 aliphatic carbocycles. The minimum atomic E-state index is 0.440. The lowest BCUT2D eigenvalue weighted by Crippen LogP contribution is -2.48. The molecule has 112 valence electrons. The van der Waals surface area contributed by atoms with Crippen LogP contribution in [0, 0.1) is 11.3 Å². The summed E-state index contributed by atoms with van der Waals surface area (Å²) in [7, 11) is 0. The first-order valence-corrected chi connectivity index (χ1v) is 8.46. The second kappa shape index (κ2) is 7.08. The van der Waals surface area contributed by atoms with E-state index in [1.807, 2.05) is 0 Å². The predicted octanol–water partition coefficient (Wildman–Crippen LogP) is 4.14. The molecule has 2 rings (SSSR count). The van der Waals surface area contributed by atoms with E-state index in [0.717, 1.165) is 19.1 Å². The van der Waals surface area contributed by atoms with Crippen LogP contribution in [0.1, 0.15) is 72.1 Å². The van der Waals surface area contributed by atoms with Crippen LogP contribution in [-0.4, -0.2) is 25.3 Å². The van der Waals surface area contributed by atoms with Crippen molar-refractivity contribution in [2.24, 2.45) is 11.3 Å². The molecule has 0 bridgehead atoms. The molecule has 0 aliphatic heterocycles. The molecule has 0 spiro atoms. The van der Waals surface area contributed by atoms with E-state index in [-0.39, 0.29) is 0 Å². The molecule has 0 aromatic heterocycles. The summed E-state index contributed by atoms with van der Waals surface area (Å²) in [4.78, 5) is 0. The molecule has 2 fully saturated rings. The molecule has 2 heteroatoms. The van der Waals surface area contributed by atoms with Gasteiger partial charge in [-0.2, -0.15) is 0 Å². The van der Waals surface area contributed by atoms with Crippen LogP contribution in [0.3, 0.4) is 0 Å². The Labute approximate surface area is 119 Å². The standard InChI is InChI=1S/C17H33NO/c1-4-11-18-15-8-10-17(2,3)13-16(15)19-12-9-14-6-5-7-14/h14-16,18H,4-13H2,1-3H3. The summed E-state index contributed by atoms with van der Waals surface area (Å²) in [5.74, 6) is 0.971. The fraction of sp³-hybridized carbons (Fsp3) is 1.00. The van der Waals surface area contributed by atoms with Crippen molar-refractivity contribution in [3.05, 3.63) is 0 Å². The van der Waals surface area contributed by atoms with Gasteiger partial charge in [0, 0.05) is 12.6 Å². The van der Waals surface area contributed by atoms with Crippen molar-refractivity contribution in [1.82, 2.24) is 5.32 Å². The quantitative estimate of drug-likeness (QED) is 0.748. The highest BCUT2D eigenvalue weighted by atomic mass is 16.5. The second-order valence-electron chi connectivity index (χ2n) is 7.46. The van der Waals surface area contributed by atoms with Crippen molar-refractivity contribution >= 4 is 0 Å². The summed E-state index contributed by atoms with van der Waals surface area (Å²) >= 11 is 0. The SMILES string of the molecule is CCCNC1CCC(C)(C)CC1OCCC1CCC1. The lowest BCUT2D eigenvalue weighted by molar-refractivity contribution is -0.0349. The molecule has 2 atom stereocenters. The van der Waals surface area contributed by atoms with Crippen LogP contribution >= 0.6 is 0 Å². The Hall–Kier alpha value is -0.0800. The lowest BCUT2D eigenvalue weighted by atomic mass is 9.74. The summed E-state index contributed by atoms with van der Waals surface area (Å²) < 4.78 is 6.27. The Bertz CT molecular complexity index is 260. The minimum Gasteiger partial charge on any atom is -0.377 e. The van der Waals surface area contributed by atoms with Crippen molar-refractivity contribution in [2.45, 2.75) is 84.3 Å². The maximum Gasteiger partial charge on any atom is 0.0733 e. The van der Waals surface area contributed by atoms with Gasteiger partial charge in [0.1, 0.15) is 0 Å². The maximum atomic E-state index is 6.27. The molecule has 0 heterocycles. The third-order valence-corrected chi connectivity index (χ3v) is 5.07. The summed E-state index contributed by atoms with van der Waals surface area (Å²) in [5.41, 5.74) is 0.464. The molecule has 2 nitrogen and oxygen atoms in total. The predicted molar refractivity (Wildman–Crippen MR) is 81.4 cm³/mol. The zero-order valence-electron chi connectivity index (χ0n) is 13.2. The van der Waals surface area contributed by atoms with Gasteiger partial charge >= 0.3 is 0 Å². The van der Waals surface area contributed by atoms with Crippen LogP contribution in [0.5, 0.6) is 0 Å². The van der Waals surface area contributed by atoms with Crippen LogP contribution < -0.4 is 5.32 Å². The van der Waals surface area contributed by atoms with Crippen molar-refractivity contribution in [3.8, 4) is 0 Å². The van der Waals surface area contributed by atoms with E-state index in [2.05, 4.69) is 26.1 Å². The van der Waals surface area contributed by atoms with Gasteiger partial charge < -0.3 is 10.1 Å². The van der Waals surface area contributed by atoms with E-state index in [4.69, 9.17) is 4.74 Å². The van der Waals surface area contributed by atoms with Gasteiger partial charge in [0.05, 0.1) is 6.10 Å². The molecule has 0 aromatic carbocycles. The highest BCUT2D eigenvalue weighted by Crippen LogP contribution is 2.37. The number of ether oxygens (including phenoxy) is 1. The van der Waals surface area contributed by atoms with Crippen LogP contribution in [0.25, 0.3) is 0 Å². The topological polar surface area (TPSA) is 21.3 Å². The summed E-state index contributed by atoms with van der Waals surface area (Å²) in [6, 6.07) is 0.592. The Balaban J connectivity index is 1.76. The first kappa shape index (κ1) is 15.3. The molecule has 19 heavy (non-hydrogen) atoms. The molecular weight excluding hydrogens is 234 g/mol. The molecule has 0 saturated heterocycles. The minimum absolute atomic E-state index is 0.440. The van der Waals surface area contributed by atoms with Gasteiger partial charge in [0.25, 0.3) is 0 Å². The van der Waals surface area contributed by atoms with Crippen molar-refractivity contribution in [2.75, 3.05) is 13.2 Å².